The summed E-state index contributed by atoms with van der Waals surface area (Å²) in [6, 6.07) is 9.11. The summed E-state index contributed by atoms with van der Waals surface area (Å²) in [4.78, 5) is 11.2. The number of nitrogens with one attached hydrogen (secondary N) is 2. The lowest BCUT2D eigenvalue weighted by atomic mass is 10.0. The first-order chi connectivity index (χ1) is 12.6. The molecule has 7 nitrogen and oxygen atoms in total. The molecule has 0 radical (unpaired) electrons. The number of rotatable bonds is 5. The number of aromatic nitrogens is 2. The summed E-state index contributed by atoms with van der Waals surface area (Å²) in [7, 11) is 0. The Hall–Kier alpha value is -1.84. The van der Waals surface area contributed by atoms with Crippen molar-refractivity contribution in [2.75, 3.05) is 24.5 Å². The van der Waals surface area contributed by atoms with Crippen LogP contribution in [0.2, 0.25) is 0 Å². The maximum atomic E-state index is 5.00. The molecule has 1 aromatic carbocycles. The molecule has 8 heteroatoms. The van der Waals surface area contributed by atoms with Crippen molar-refractivity contribution in [1.82, 2.24) is 20.8 Å². The fourth-order valence-electron chi connectivity index (χ4n) is 3.15. The van der Waals surface area contributed by atoms with Gasteiger partial charge in [-0.05, 0) is 38.8 Å². The van der Waals surface area contributed by atoms with Gasteiger partial charge in [0.2, 0.25) is 5.89 Å². The van der Waals surface area contributed by atoms with Crippen LogP contribution in [0.4, 0.5) is 5.69 Å². The van der Waals surface area contributed by atoms with Gasteiger partial charge in [0, 0.05) is 38.3 Å². The number of anilines is 1. The summed E-state index contributed by atoms with van der Waals surface area (Å²) in [5.74, 6) is 1.96. The van der Waals surface area contributed by atoms with Gasteiger partial charge >= 0.3 is 0 Å². The van der Waals surface area contributed by atoms with Crippen LogP contribution in [-0.4, -0.2) is 41.8 Å². The number of nitrogens with zero attached hydrogens (tertiary/aromatic N) is 4. The zero-order chi connectivity index (χ0) is 18.4. The van der Waals surface area contributed by atoms with E-state index in [1.807, 2.05) is 0 Å². The molecule has 27 heavy (non-hydrogen) atoms. The van der Waals surface area contributed by atoms with E-state index in [2.05, 4.69) is 68.8 Å². The molecule has 0 spiro atoms. The molecule has 1 unspecified atom stereocenters. The molecule has 1 saturated heterocycles. The fraction of sp³-hybridized carbons (Fsp3) is 0.526. The first-order valence-corrected chi connectivity index (χ1v) is 9.29. The Morgan fingerprint density at radius 2 is 2.07 bits per heavy atom. The Labute approximate surface area is 178 Å². The smallest absolute Gasteiger partial charge is 0.223 e. The molecule has 3 rings (SSSR count). The summed E-state index contributed by atoms with van der Waals surface area (Å²) < 4.78 is 5.00. The van der Waals surface area contributed by atoms with E-state index >= 15 is 0 Å². The van der Waals surface area contributed by atoms with E-state index in [9.17, 15) is 0 Å². The highest BCUT2D eigenvalue weighted by Gasteiger charge is 2.21. The van der Waals surface area contributed by atoms with Crippen molar-refractivity contribution in [1.29, 1.82) is 0 Å². The highest BCUT2D eigenvalue weighted by molar-refractivity contribution is 14.0. The number of hydrogen-bond donors (Lipinski definition) is 2. The number of aliphatic imine (C=N–C) groups is 1. The van der Waals surface area contributed by atoms with E-state index in [1.54, 1.807) is 6.92 Å². The number of halogens is 1. The molecule has 1 aromatic heterocycles. The van der Waals surface area contributed by atoms with Crippen molar-refractivity contribution in [2.24, 2.45) is 4.99 Å². The maximum Gasteiger partial charge on any atom is 0.223 e. The monoisotopic (exact) mass is 484 g/mol. The van der Waals surface area contributed by atoms with Gasteiger partial charge in [-0.2, -0.15) is 4.98 Å². The zero-order valence-corrected chi connectivity index (χ0v) is 18.6. The number of benzene rings is 1. The van der Waals surface area contributed by atoms with E-state index in [0.717, 1.165) is 38.4 Å². The highest BCUT2D eigenvalue weighted by Crippen LogP contribution is 2.20. The van der Waals surface area contributed by atoms with Crippen molar-refractivity contribution in [3.05, 3.63) is 41.5 Å². The second-order valence-corrected chi connectivity index (χ2v) is 6.69. The minimum atomic E-state index is 0. The van der Waals surface area contributed by atoms with Crippen LogP contribution in [0.15, 0.2) is 33.8 Å². The van der Waals surface area contributed by atoms with Crippen molar-refractivity contribution in [3.8, 4) is 0 Å². The molecule has 0 saturated carbocycles. The van der Waals surface area contributed by atoms with Gasteiger partial charge in [-0.1, -0.05) is 22.9 Å². The van der Waals surface area contributed by atoms with Crippen LogP contribution in [-0.2, 0) is 6.54 Å². The van der Waals surface area contributed by atoms with Crippen LogP contribution in [0, 0.1) is 13.8 Å². The normalized spacial score (nSPS) is 17.4. The van der Waals surface area contributed by atoms with Crippen molar-refractivity contribution in [2.45, 2.75) is 46.2 Å². The van der Waals surface area contributed by atoms with Crippen LogP contribution in [0.5, 0.6) is 0 Å². The quantitative estimate of drug-likeness (QED) is 0.386. The Morgan fingerprint density at radius 3 is 2.74 bits per heavy atom. The van der Waals surface area contributed by atoms with Gasteiger partial charge in [-0.3, -0.25) is 0 Å². The number of aryl methyl sites for hydroxylation is 2. The lowest BCUT2D eigenvalue weighted by Gasteiger charge is -2.35. The Bertz CT molecular complexity index is 730. The van der Waals surface area contributed by atoms with Gasteiger partial charge in [-0.15, -0.1) is 24.0 Å². The average Bonchev–Trinajstić information content (AvgIpc) is 3.06. The predicted molar refractivity (Wildman–Crippen MR) is 119 cm³/mol. The SMILES string of the molecule is CCNC(=NCc1noc(C)n1)NC1CCCN(c2ccc(C)cc2)C1.I. The van der Waals surface area contributed by atoms with Gasteiger partial charge in [0.15, 0.2) is 11.8 Å². The molecular weight excluding hydrogens is 455 g/mol. The second-order valence-electron chi connectivity index (χ2n) is 6.69. The van der Waals surface area contributed by atoms with E-state index in [1.165, 1.54) is 11.3 Å². The van der Waals surface area contributed by atoms with Gasteiger partial charge < -0.3 is 20.1 Å². The lowest BCUT2D eigenvalue weighted by Crippen LogP contribution is -2.51. The molecule has 0 amide bonds. The third kappa shape index (κ3) is 6.37. The molecule has 1 aliphatic rings. The maximum absolute atomic E-state index is 5.00. The molecule has 1 atom stereocenters. The number of guanidine groups is 1. The van der Waals surface area contributed by atoms with Crippen LogP contribution in [0.25, 0.3) is 0 Å². The summed E-state index contributed by atoms with van der Waals surface area (Å²) >= 11 is 0. The standard InChI is InChI=1S/C19H28N6O.HI/c1-4-20-19(21-12-18-22-15(3)26-24-18)23-16-6-5-11-25(13-16)17-9-7-14(2)8-10-17;/h7-10,16H,4-6,11-13H2,1-3H3,(H2,20,21,23);1H. The molecule has 0 aliphatic carbocycles. The minimum Gasteiger partial charge on any atom is -0.369 e. The van der Waals surface area contributed by atoms with Crippen LogP contribution in [0.1, 0.15) is 37.0 Å². The first kappa shape index (κ1) is 21.5. The molecule has 1 aliphatic heterocycles. The molecule has 0 bridgehead atoms. The topological polar surface area (TPSA) is 78.6 Å². The molecule has 2 heterocycles. The molecule has 2 N–H and O–H groups in total. The molecule has 148 valence electrons. The summed E-state index contributed by atoms with van der Waals surface area (Å²) in [5, 5.41) is 10.8. The Balaban J connectivity index is 0.00000261. The van der Waals surface area contributed by atoms with Gasteiger partial charge in [0.1, 0.15) is 6.54 Å². The second kappa shape index (κ2) is 10.5. The van der Waals surface area contributed by atoms with E-state index in [4.69, 9.17) is 4.52 Å². The molecular formula is C19H29IN6O. The van der Waals surface area contributed by atoms with Crippen molar-refractivity contribution in [3.63, 3.8) is 0 Å². The number of piperidine rings is 1. The van der Waals surface area contributed by atoms with Crippen molar-refractivity contribution >= 4 is 35.6 Å². The van der Waals surface area contributed by atoms with Crippen molar-refractivity contribution < 1.29 is 4.52 Å². The number of hydrogen-bond acceptors (Lipinski definition) is 5. The third-order valence-electron chi connectivity index (χ3n) is 4.45. The third-order valence-corrected chi connectivity index (χ3v) is 4.45. The van der Waals surface area contributed by atoms with E-state index in [0.29, 0.717) is 24.3 Å². The van der Waals surface area contributed by atoms with Crippen LogP contribution >= 0.6 is 24.0 Å². The van der Waals surface area contributed by atoms with Crippen LogP contribution in [0.3, 0.4) is 0 Å². The van der Waals surface area contributed by atoms with Gasteiger partial charge in [0.25, 0.3) is 0 Å². The lowest BCUT2D eigenvalue weighted by molar-refractivity contribution is 0.387. The molecule has 1 fully saturated rings. The van der Waals surface area contributed by atoms with E-state index < -0.39 is 0 Å². The summed E-state index contributed by atoms with van der Waals surface area (Å²) in [5.41, 5.74) is 2.57. The minimum absolute atomic E-state index is 0. The van der Waals surface area contributed by atoms with Crippen LogP contribution < -0.4 is 15.5 Å². The first-order valence-electron chi connectivity index (χ1n) is 9.29. The predicted octanol–water partition coefficient (Wildman–Crippen LogP) is 3.03. The van der Waals surface area contributed by atoms with Gasteiger partial charge in [-0.25, -0.2) is 4.99 Å². The molecule has 2 aromatic rings. The summed E-state index contributed by atoms with van der Waals surface area (Å²) in [6.07, 6.45) is 2.29. The zero-order valence-electron chi connectivity index (χ0n) is 16.2. The fourth-order valence-corrected chi connectivity index (χ4v) is 3.15. The largest absolute Gasteiger partial charge is 0.369 e. The summed E-state index contributed by atoms with van der Waals surface area (Å²) in [6.45, 7) is 9.24. The average molecular weight is 484 g/mol. The van der Waals surface area contributed by atoms with E-state index in [-0.39, 0.29) is 24.0 Å². The Kier molecular flexibility index (Phi) is 8.33. The Morgan fingerprint density at radius 1 is 1.30 bits per heavy atom. The van der Waals surface area contributed by atoms with Gasteiger partial charge in [0.05, 0.1) is 0 Å². The highest BCUT2D eigenvalue weighted by atomic mass is 127.